The third kappa shape index (κ3) is 2.56. The van der Waals surface area contributed by atoms with Crippen molar-refractivity contribution in [1.82, 2.24) is 5.32 Å². The summed E-state index contributed by atoms with van der Waals surface area (Å²) in [6, 6.07) is 5.38. The molecule has 0 aliphatic carbocycles. The van der Waals surface area contributed by atoms with E-state index < -0.39 is 17.3 Å². The number of benzene rings is 1. The molecule has 0 aliphatic rings. The van der Waals surface area contributed by atoms with Gasteiger partial charge in [0.05, 0.1) is 0 Å². The van der Waals surface area contributed by atoms with Crippen molar-refractivity contribution in [2.75, 3.05) is 13.1 Å². The van der Waals surface area contributed by atoms with Crippen LogP contribution in [0.25, 0.3) is 0 Å². The summed E-state index contributed by atoms with van der Waals surface area (Å²) < 4.78 is 12.7. The van der Waals surface area contributed by atoms with Gasteiger partial charge < -0.3 is 10.8 Å². The Bertz CT molecular complexity index is 367. The molecule has 5 heteroatoms. The molecule has 1 aromatic rings. The Morgan fingerprint density at radius 1 is 1.50 bits per heavy atom. The predicted octanol–water partition coefficient (Wildman–Crippen LogP) is 0.674. The van der Waals surface area contributed by atoms with Gasteiger partial charge in [-0.3, -0.25) is 5.32 Å². The van der Waals surface area contributed by atoms with E-state index in [4.69, 9.17) is 5.73 Å². The molecule has 0 aromatic heterocycles. The van der Waals surface area contributed by atoms with E-state index in [0.717, 1.165) is 0 Å². The fourth-order valence-corrected chi connectivity index (χ4v) is 1.41. The number of carbonyl (C=O) groups is 1. The van der Waals surface area contributed by atoms with Crippen molar-refractivity contribution in [2.45, 2.75) is 12.5 Å². The van der Waals surface area contributed by atoms with Gasteiger partial charge in [0.25, 0.3) is 0 Å². The highest BCUT2D eigenvalue weighted by Crippen LogP contribution is 2.21. The van der Waals surface area contributed by atoms with Crippen LogP contribution in [0.1, 0.15) is 12.5 Å². The highest BCUT2D eigenvalue weighted by atomic mass is 19.1. The van der Waals surface area contributed by atoms with Gasteiger partial charge in [0.15, 0.2) is 0 Å². The molecule has 0 saturated heterocycles. The van der Waals surface area contributed by atoms with E-state index in [9.17, 15) is 14.3 Å². The summed E-state index contributed by atoms with van der Waals surface area (Å²) in [5.41, 5.74) is 4.57. The van der Waals surface area contributed by atoms with Crippen LogP contribution in [0.4, 0.5) is 4.39 Å². The number of hydrogen-bond donors (Lipinski definition) is 3. The Hall–Kier alpha value is -1.46. The van der Waals surface area contributed by atoms with Crippen LogP contribution < -0.4 is 11.1 Å². The van der Waals surface area contributed by atoms with E-state index >= 15 is 0 Å². The van der Waals surface area contributed by atoms with Gasteiger partial charge in [0.1, 0.15) is 11.4 Å². The molecule has 0 spiro atoms. The van der Waals surface area contributed by atoms with Crippen molar-refractivity contribution in [3.05, 3.63) is 35.6 Å². The molecule has 4 nitrogen and oxygen atoms in total. The van der Waals surface area contributed by atoms with E-state index in [2.05, 4.69) is 5.32 Å². The molecule has 1 unspecified atom stereocenters. The summed E-state index contributed by atoms with van der Waals surface area (Å²) >= 11 is 0. The summed E-state index contributed by atoms with van der Waals surface area (Å²) in [5, 5.41) is 12.0. The maximum absolute atomic E-state index is 12.7. The van der Waals surface area contributed by atoms with Gasteiger partial charge in [-0.1, -0.05) is 12.1 Å². The highest BCUT2D eigenvalue weighted by Gasteiger charge is 2.34. The first-order valence-corrected chi connectivity index (χ1v) is 4.95. The summed E-state index contributed by atoms with van der Waals surface area (Å²) in [5.74, 6) is -1.41. The normalized spacial score (nSPS) is 14.4. The summed E-state index contributed by atoms with van der Waals surface area (Å²) in [4.78, 5) is 11.2. The van der Waals surface area contributed by atoms with E-state index in [1.165, 1.54) is 31.2 Å². The number of rotatable bonds is 5. The number of carboxylic acids is 1. The van der Waals surface area contributed by atoms with Gasteiger partial charge in [0.2, 0.25) is 0 Å². The maximum Gasteiger partial charge on any atom is 0.328 e. The summed E-state index contributed by atoms with van der Waals surface area (Å²) in [6.07, 6.45) is 0. The zero-order chi connectivity index (χ0) is 12.2. The van der Waals surface area contributed by atoms with Crippen LogP contribution in [-0.2, 0) is 10.3 Å². The lowest BCUT2D eigenvalue weighted by Crippen LogP contribution is -2.48. The second-order valence-corrected chi connectivity index (χ2v) is 3.65. The predicted molar refractivity (Wildman–Crippen MR) is 58.4 cm³/mol. The monoisotopic (exact) mass is 226 g/mol. The summed E-state index contributed by atoms with van der Waals surface area (Å²) in [7, 11) is 0. The standard InChI is InChI=1S/C11H15FN2O2/c1-11(10(15)16,14-7-6-13)8-2-4-9(12)5-3-8/h2-5,14H,6-7,13H2,1H3,(H,15,16). The molecule has 0 radical (unpaired) electrons. The van der Waals surface area contributed by atoms with Crippen LogP contribution in [0.3, 0.4) is 0 Å². The number of hydrogen-bond acceptors (Lipinski definition) is 3. The van der Waals surface area contributed by atoms with Gasteiger partial charge >= 0.3 is 5.97 Å². The lowest BCUT2D eigenvalue weighted by Gasteiger charge is -2.26. The fourth-order valence-electron chi connectivity index (χ4n) is 1.41. The Kier molecular flexibility index (Phi) is 3.98. The van der Waals surface area contributed by atoms with Crippen LogP contribution in [0.15, 0.2) is 24.3 Å². The minimum atomic E-state index is -1.24. The largest absolute Gasteiger partial charge is 0.480 e. The minimum absolute atomic E-state index is 0.337. The van der Waals surface area contributed by atoms with Crippen LogP contribution in [0.5, 0.6) is 0 Å². The Morgan fingerprint density at radius 3 is 2.50 bits per heavy atom. The van der Waals surface area contributed by atoms with Gasteiger partial charge in [-0.2, -0.15) is 0 Å². The second-order valence-electron chi connectivity index (χ2n) is 3.65. The third-order valence-corrected chi connectivity index (χ3v) is 2.47. The molecule has 1 rings (SSSR count). The van der Waals surface area contributed by atoms with E-state index in [0.29, 0.717) is 18.7 Å². The zero-order valence-corrected chi connectivity index (χ0v) is 9.03. The quantitative estimate of drug-likeness (QED) is 0.690. The lowest BCUT2D eigenvalue weighted by molar-refractivity contribution is -0.144. The first-order chi connectivity index (χ1) is 7.50. The molecule has 0 amide bonds. The Balaban J connectivity index is 3.01. The van der Waals surface area contributed by atoms with Gasteiger partial charge in [0, 0.05) is 13.1 Å². The number of aliphatic carboxylic acids is 1. The van der Waals surface area contributed by atoms with Crippen molar-refractivity contribution in [1.29, 1.82) is 0 Å². The average molecular weight is 226 g/mol. The van der Waals surface area contributed by atoms with Gasteiger partial charge in [-0.15, -0.1) is 0 Å². The Labute approximate surface area is 93.3 Å². The topological polar surface area (TPSA) is 75.3 Å². The van der Waals surface area contributed by atoms with Crippen LogP contribution in [0.2, 0.25) is 0 Å². The molecule has 0 heterocycles. The van der Waals surface area contributed by atoms with Crippen molar-refractivity contribution in [3.8, 4) is 0 Å². The summed E-state index contributed by atoms with van der Waals surface area (Å²) in [6.45, 7) is 2.24. The van der Waals surface area contributed by atoms with Crippen LogP contribution in [-0.4, -0.2) is 24.2 Å². The fraction of sp³-hybridized carbons (Fsp3) is 0.364. The third-order valence-electron chi connectivity index (χ3n) is 2.47. The molecule has 4 N–H and O–H groups in total. The molecule has 0 fully saturated rings. The van der Waals surface area contributed by atoms with Crippen molar-refractivity contribution < 1.29 is 14.3 Å². The molecule has 88 valence electrons. The molecular formula is C11H15FN2O2. The smallest absolute Gasteiger partial charge is 0.328 e. The zero-order valence-electron chi connectivity index (χ0n) is 9.03. The maximum atomic E-state index is 12.7. The average Bonchev–Trinajstić information content (AvgIpc) is 2.26. The molecule has 0 bridgehead atoms. The first-order valence-electron chi connectivity index (χ1n) is 4.95. The van der Waals surface area contributed by atoms with E-state index in [1.807, 2.05) is 0 Å². The second kappa shape index (κ2) is 5.05. The van der Waals surface area contributed by atoms with Gasteiger partial charge in [-0.05, 0) is 24.6 Å². The number of carboxylic acid groups (broad SMARTS) is 1. The molecule has 0 saturated carbocycles. The SMILES string of the molecule is CC(NCCN)(C(=O)O)c1ccc(F)cc1. The van der Waals surface area contributed by atoms with Crippen LogP contribution >= 0.6 is 0 Å². The molecular weight excluding hydrogens is 211 g/mol. The first kappa shape index (κ1) is 12.6. The number of nitrogens with one attached hydrogen (secondary N) is 1. The lowest BCUT2D eigenvalue weighted by atomic mass is 9.92. The Morgan fingerprint density at radius 2 is 2.06 bits per heavy atom. The van der Waals surface area contributed by atoms with E-state index in [1.54, 1.807) is 0 Å². The van der Waals surface area contributed by atoms with Crippen LogP contribution in [0, 0.1) is 5.82 Å². The van der Waals surface area contributed by atoms with E-state index in [-0.39, 0.29) is 0 Å². The number of nitrogens with two attached hydrogens (primary N) is 1. The highest BCUT2D eigenvalue weighted by molar-refractivity contribution is 5.80. The number of halogens is 1. The van der Waals surface area contributed by atoms with Gasteiger partial charge in [-0.25, -0.2) is 9.18 Å². The van der Waals surface area contributed by atoms with Crippen molar-refractivity contribution in [3.63, 3.8) is 0 Å². The molecule has 16 heavy (non-hydrogen) atoms. The minimum Gasteiger partial charge on any atom is -0.480 e. The molecule has 1 atom stereocenters. The molecule has 1 aromatic carbocycles. The molecule has 0 aliphatic heterocycles. The van der Waals surface area contributed by atoms with Crippen molar-refractivity contribution >= 4 is 5.97 Å². The van der Waals surface area contributed by atoms with Crippen molar-refractivity contribution in [2.24, 2.45) is 5.73 Å².